The molecule has 0 aliphatic carbocycles. The number of amides is 1. The van der Waals surface area contributed by atoms with Gasteiger partial charge in [-0.2, -0.15) is 0 Å². The van der Waals surface area contributed by atoms with Gasteiger partial charge in [-0.15, -0.1) is 11.3 Å². The Hall–Kier alpha value is -1.67. The minimum atomic E-state index is -0.164. The Morgan fingerprint density at radius 2 is 2.15 bits per heavy atom. The Labute approximate surface area is 160 Å². The molecule has 1 fully saturated rings. The number of thiazole rings is 1. The molecule has 4 N–H and O–H groups in total. The maximum absolute atomic E-state index is 11.3. The molecule has 1 unspecified atom stereocenters. The third-order valence-electron chi connectivity index (χ3n) is 4.78. The van der Waals surface area contributed by atoms with E-state index in [4.69, 9.17) is 5.73 Å². The van der Waals surface area contributed by atoms with Crippen LogP contribution in [0.5, 0.6) is 0 Å². The van der Waals surface area contributed by atoms with E-state index in [1.807, 2.05) is 0 Å². The Bertz CT molecular complexity index is 595. The van der Waals surface area contributed by atoms with Crippen molar-refractivity contribution in [2.24, 2.45) is 16.6 Å². The van der Waals surface area contributed by atoms with Crippen molar-refractivity contribution < 1.29 is 4.79 Å². The Morgan fingerprint density at radius 1 is 1.38 bits per heavy atom. The molecule has 7 nitrogen and oxygen atoms in total. The molecular formula is C18H32N6OS. The molecule has 0 bridgehead atoms. The van der Waals surface area contributed by atoms with Crippen molar-refractivity contribution in [3.63, 3.8) is 0 Å². The number of likely N-dealkylation sites (tertiary alicyclic amines) is 1. The molecule has 0 radical (unpaired) electrons. The van der Waals surface area contributed by atoms with Gasteiger partial charge < -0.3 is 21.3 Å². The lowest BCUT2D eigenvalue weighted by atomic mass is 9.97. The summed E-state index contributed by atoms with van der Waals surface area (Å²) in [6, 6.07) is 0. The lowest BCUT2D eigenvalue weighted by Gasteiger charge is -2.31. The summed E-state index contributed by atoms with van der Waals surface area (Å²) < 4.78 is 0. The van der Waals surface area contributed by atoms with Crippen molar-refractivity contribution in [1.82, 2.24) is 20.5 Å². The summed E-state index contributed by atoms with van der Waals surface area (Å²) in [7, 11) is 1.79. The minimum absolute atomic E-state index is 0.0178. The third kappa shape index (κ3) is 6.57. The highest BCUT2D eigenvalue weighted by atomic mass is 32.1. The third-order valence-corrected chi connectivity index (χ3v) is 5.91. The van der Waals surface area contributed by atoms with E-state index in [0.717, 1.165) is 75.1 Å². The Balaban J connectivity index is 1.60. The second-order valence-corrected chi connectivity index (χ2v) is 8.11. The molecule has 1 amide bonds. The fourth-order valence-electron chi connectivity index (χ4n) is 3.15. The van der Waals surface area contributed by atoms with Crippen LogP contribution < -0.4 is 16.4 Å². The number of carbonyl (C=O) groups excluding carboxylic acids is 1. The predicted octanol–water partition coefficient (Wildman–Crippen LogP) is 1.05. The number of hydrogen-bond donors (Lipinski definition) is 3. The average molecular weight is 381 g/mol. The van der Waals surface area contributed by atoms with E-state index in [2.05, 4.69) is 39.4 Å². The van der Waals surface area contributed by atoms with Gasteiger partial charge in [0.25, 0.3) is 0 Å². The van der Waals surface area contributed by atoms with Crippen LogP contribution >= 0.6 is 11.3 Å². The number of aryl methyl sites for hydroxylation is 2. The number of nitrogens with one attached hydrogen (secondary N) is 2. The molecule has 1 aliphatic heterocycles. The number of piperidine rings is 1. The van der Waals surface area contributed by atoms with Gasteiger partial charge in [-0.1, -0.05) is 0 Å². The summed E-state index contributed by atoms with van der Waals surface area (Å²) >= 11 is 1.76. The van der Waals surface area contributed by atoms with Crippen LogP contribution in [0, 0.1) is 19.8 Å². The second-order valence-electron chi connectivity index (χ2n) is 6.82. The quantitative estimate of drug-likeness (QED) is 0.356. The molecule has 8 heteroatoms. The van der Waals surface area contributed by atoms with E-state index in [9.17, 15) is 4.79 Å². The van der Waals surface area contributed by atoms with Crippen LogP contribution in [0.15, 0.2) is 4.99 Å². The van der Waals surface area contributed by atoms with Crippen LogP contribution in [0.4, 0.5) is 0 Å². The predicted molar refractivity (Wildman–Crippen MR) is 108 cm³/mol. The summed E-state index contributed by atoms with van der Waals surface area (Å²) in [5, 5.41) is 7.85. The number of nitrogens with two attached hydrogens (primary N) is 1. The number of hydrogen-bond acceptors (Lipinski definition) is 5. The van der Waals surface area contributed by atoms with Gasteiger partial charge in [-0.25, -0.2) is 4.98 Å². The van der Waals surface area contributed by atoms with Gasteiger partial charge in [-0.3, -0.25) is 9.79 Å². The number of nitrogens with zero attached hydrogens (tertiary/aromatic N) is 3. The molecule has 1 aromatic heterocycles. The van der Waals surface area contributed by atoms with Gasteiger partial charge in [0.1, 0.15) is 0 Å². The molecule has 0 aromatic carbocycles. The average Bonchev–Trinajstić information content (AvgIpc) is 2.95. The molecule has 146 valence electrons. The van der Waals surface area contributed by atoms with Gasteiger partial charge in [0, 0.05) is 38.0 Å². The smallest absolute Gasteiger partial charge is 0.221 e. The van der Waals surface area contributed by atoms with Crippen molar-refractivity contribution >= 4 is 23.2 Å². The highest BCUT2D eigenvalue weighted by Gasteiger charge is 2.23. The molecule has 2 heterocycles. The van der Waals surface area contributed by atoms with E-state index in [1.165, 1.54) is 4.88 Å². The maximum Gasteiger partial charge on any atom is 0.221 e. The van der Waals surface area contributed by atoms with Gasteiger partial charge in [-0.05, 0) is 46.2 Å². The van der Waals surface area contributed by atoms with Crippen molar-refractivity contribution in [3.05, 3.63) is 15.6 Å². The highest BCUT2D eigenvalue weighted by molar-refractivity contribution is 7.11. The zero-order chi connectivity index (χ0) is 18.9. The zero-order valence-corrected chi connectivity index (χ0v) is 17.0. The first-order chi connectivity index (χ1) is 12.5. The molecule has 2 rings (SSSR count). The van der Waals surface area contributed by atoms with Gasteiger partial charge >= 0.3 is 0 Å². The zero-order valence-electron chi connectivity index (χ0n) is 16.2. The van der Waals surface area contributed by atoms with E-state index < -0.39 is 0 Å². The number of aliphatic imine (C=N–C) groups is 1. The van der Waals surface area contributed by atoms with Gasteiger partial charge in [0.15, 0.2) is 5.96 Å². The summed E-state index contributed by atoms with van der Waals surface area (Å²) in [6.45, 7) is 8.67. The summed E-state index contributed by atoms with van der Waals surface area (Å²) in [4.78, 5) is 23.8. The summed E-state index contributed by atoms with van der Waals surface area (Å²) in [6.07, 6.45) is 3.90. The number of rotatable bonds is 8. The molecule has 26 heavy (non-hydrogen) atoms. The lowest BCUT2D eigenvalue weighted by Crippen LogP contribution is -2.43. The first kappa shape index (κ1) is 20.6. The van der Waals surface area contributed by atoms with Crippen molar-refractivity contribution in [3.8, 4) is 0 Å². The second kappa shape index (κ2) is 10.5. The number of carbonyl (C=O) groups is 1. The minimum Gasteiger partial charge on any atom is -0.369 e. The molecule has 1 aliphatic rings. The SMILES string of the molecule is CN=C(NCCCN1CCCC(C(N)=O)C1)NCCc1nc(C)c(C)s1. The van der Waals surface area contributed by atoms with E-state index in [1.54, 1.807) is 18.4 Å². The molecule has 1 saturated heterocycles. The monoisotopic (exact) mass is 380 g/mol. The van der Waals surface area contributed by atoms with Crippen LogP contribution in [0.1, 0.15) is 34.8 Å². The summed E-state index contributed by atoms with van der Waals surface area (Å²) in [5.74, 6) is 0.677. The van der Waals surface area contributed by atoms with Crippen LogP contribution in [0.2, 0.25) is 0 Å². The van der Waals surface area contributed by atoms with Crippen LogP contribution in [-0.2, 0) is 11.2 Å². The van der Waals surface area contributed by atoms with Crippen molar-refractivity contribution in [1.29, 1.82) is 0 Å². The normalized spacial score (nSPS) is 18.7. The van der Waals surface area contributed by atoms with Gasteiger partial charge in [0.2, 0.25) is 5.91 Å². The molecule has 0 saturated carbocycles. The molecule has 0 spiro atoms. The highest BCUT2D eigenvalue weighted by Crippen LogP contribution is 2.17. The number of guanidine groups is 1. The maximum atomic E-state index is 11.3. The number of primary amides is 1. The topological polar surface area (TPSA) is 95.6 Å². The van der Waals surface area contributed by atoms with Crippen molar-refractivity contribution in [2.45, 2.75) is 39.5 Å². The van der Waals surface area contributed by atoms with Crippen molar-refractivity contribution in [2.75, 3.05) is 39.8 Å². The molecular weight excluding hydrogens is 348 g/mol. The first-order valence-electron chi connectivity index (χ1n) is 9.38. The number of aromatic nitrogens is 1. The first-order valence-corrected chi connectivity index (χ1v) is 10.2. The lowest BCUT2D eigenvalue weighted by molar-refractivity contribution is -0.123. The summed E-state index contributed by atoms with van der Waals surface area (Å²) in [5.41, 5.74) is 6.56. The Kier molecular flexibility index (Phi) is 8.31. The molecule has 1 atom stereocenters. The van der Waals surface area contributed by atoms with Crippen LogP contribution in [0.3, 0.4) is 0 Å². The standard InChI is InChI=1S/C18H32N6OS/c1-13-14(2)26-16(23-13)7-9-22-18(20-3)21-8-5-11-24-10-4-6-15(12-24)17(19)25/h15H,4-12H2,1-3H3,(H2,19,25)(H2,20,21,22). The van der Waals surface area contributed by atoms with E-state index in [-0.39, 0.29) is 11.8 Å². The van der Waals surface area contributed by atoms with Crippen LogP contribution in [0.25, 0.3) is 0 Å². The van der Waals surface area contributed by atoms with E-state index >= 15 is 0 Å². The molecule has 1 aromatic rings. The van der Waals surface area contributed by atoms with E-state index in [0.29, 0.717) is 0 Å². The fraction of sp³-hybridized carbons (Fsp3) is 0.722. The largest absolute Gasteiger partial charge is 0.369 e. The Morgan fingerprint density at radius 3 is 2.81 bits per heavy atom. The van der Waals surface area contributed by atoms with Gasteiger partial charge in [0.05, 0.1) is 16.6 Å². The fourth-order valence-corrected chi connectivity index (χ4v) is 4.09. The van der Waals surface area contributed by atoms with Crippen LogP contribution in [-0.4, -0.2) is 61.5 Å².